The summed E-state index contributed by atoms with van der Waals surface area (Å²) in [6, 6.07) is 0. The number of nitrogens with zero attached hydrogens (tertiary/aromatic N) is 4. The van der Waals surface area contributed by atoms with Gasteiger partial charge in [0.05, 0.1) is 24.7 Å². The average Bonchev–Trinajstić information content (AvgIpc) is 3.12. The fourth-order valence-electron chi connectivity index (χ4n) is 3.66. The maximum Gasteiger partial charge on any atom is 0.302 e. The van der Waals surface area contributed by atoms with E-state index in [2.05, 4.69) is 15.0 Å². The topological polar surface area (TPSA) is 152 Å². The van der Waals surface area contributed by atoms with Crippen LogP contribution in [0.4, 0.5) is 5.95 Å². The van der Waals surface area contributed by atoms with Gasteiger partial charge in [-0.25, -0.2) is 4.98 Å². The van der Waals surface area contributed by atoms with E-state index in [1.807, 2.05) is 13.8 Å². The van der Waals surface area contributed by atoms with E-state index in [0.717, 1.165) is 11.1 Å². The third kappa shape index (κ3) is 5.05. The van der Waals surface area contributed by atoms with E-state index in [4.69, 9.17) is 31.5 Å². The number of aryl methyl sites for hydroxylation is 1. The van der Waals surface area contributed by atoms with Crippen molar-refractivity contribution in [3.8, 4) is 5.75 Å². The van der Waals surface area contributed by atoms with Gasteiger partial charge >= 0.3 is 11.9 Å². The molecular weight excluding hydrogens is 466 g/mol. The van der Waals surface area contributed by atoms with Gasteiger partial charge in [-0.15, -0.1) is 0 Å². The highest BCUT2D eigenvalue weighted by Gasteiger charge is 2.37. The van der Waals surface area contributed by atoms with Gasteiger partial charge in [0.2, 0.25) is 5.95 Å². The molecule has 3 heterocycles. The average molecular weight is 492 g/mol. The molecule has 3 aromatic heterocycles. The number of nitrogen functional groups attached to an aromatic ring is 1. The van der Waals surface area contributed by atoms with Gasteiger partial charge in [-0.05, 0) is 13.8 Å². The lowest BCUT2D eigenvalue weighted by atomic mass is 9.96. The zero-order chi connectivity index (χ0) is 25.2. The molecule has 0 saturated heterocycles. The fourth-order valence-corrected chi connectivity index (χ4v) is 3.94. The van der Waals surface area contributed by atoms with E-state index in [1.54, 1.807) is 24.1 Å². The number of halogens is 1. The van der Waals surface area contributed by atoms with Crippen LogP contribution in [0.25, 0.3) is 11.0 Å². The Balaban J connectivity index is 2.20. The molecule has 3 aromatic rings. The molecule has 0 aromatic carbocycles. The zero-order valence-corrected chi connectivity index (χ0v) is 20.3. The lowest BCUT2D eigenvalue weighted by Gasteiger charge is -2.26. The summed E-state index contributed by atoms with van der Waals surface area (Å²) in [7, 11) is 1.58. The van der Waals surface area contributed by atoms with Crippen LogP contribution >= 0.6 is 11.6 Å². The Labute approximate surface area is 200 Å². The third-order valence-corrected chi connectivity index (χ3v) is 5.56. The van der Waals surface area contributed by atoms with Crippen LogP contribution in [0.5, 0.6) is 5.75 Å². The van der Waals surface area contributed by atoms with Gasteiger partial charge in [-0.3, -0.25) is 14.6 Å². The van der Waals surface area contributed by atoms with Gasteiger partial charge in [-0.1, -0.05) is 11.6 Å². The normalized spacial score (nSPS) is 11.5. The van der Waals surface area contributed by atoms with E-state index >= 15 is 0 Å². The van der Waals surface area contributed by atoms with Crippen LogP contribution in [-0.2, 0) is 31.2 Å². The van der Waals surface area contributed by atoms with Crippen molar-refractivity contribution in [2.24, 2.45) is 0 Å². The lowest BCUT2D eigenvalue weighted by molar-refractivity contribution is -0.161. The molecule has 0 unspecified atom stereocenters. The number of anilines is 1. The van der Waals surface area contributed by atoms with Crippen molar-refractivity contribution in [3.63, 3.8) is 0 Å². The number of carbonyl (C=O) groups is 2. The molecule has 11 nitrogen and oxygen atoms in total. The standard InChI is InChI=1S/C22H26ClN5O6/c1-11-6-25-16(12(2)18(11)32-5)8-28-7-15(17-19(23)26-21(24)27-20(17)28)22(31,9-33-13(3)29)10-34-14(4)30/h6-7,31H,8-10H2,1-5H3,(H2,24,26,27). The number of pyridine rings is 1. The van der Waals surface area contributed by atoms with Crippen LogP contribution in [0.1, 0.15) is 36.2 Å². The van der Waals surface area contributed by atoms with Crippen LogP contribution in [0.3, 0.4) is 0 Å². The van der Waals surface area contributed by atoms with Crippen molar-refractivity contribution >= 4 is 40.5 Å². The van der Waals surface area contributed by atoms with Crippen LogP contribution < -0.4 is 10.5 Å². The maximum atomic E-state index is 11.5. The van der Waals surface area contributed by atoms with Crippen LogP contribution in [0.2, 0.25) is 5.15 Å². The molecule has 0 saturated carbocycles. The number of aliphatic hydroxyl groups is 1. The monoisotopic (exact) mass is 491 g/mol. The second-order valence-corrected chi connectivity index (χ2v) is 8.24. The first-order valence-corrected chi connectivity index (χ1v) is 10.6. The Hall–Kier alpha value is -3.44. The highest BCUT2D eigenvalue weighted by Crippen LogP contribution is 2.36. The van der Waals surface area contributed by atoms with Gasteiger partial charge < -0.3 is 29.6 Å². The fraction of sp³-hybridized carbons (Fsp3) is 0.409. The minimum atomic E-state index is -1.93. The first kappa shape index (κ1) is 25.2. The van der Waals surface area contributed by atoms with Gasteiger partial charge in [0, 0.05) is 42.9 Å². The highest BCUT2D eigenvalue weighted by atomic mass is 35.5. The molecule has 0 aliphatic rings. The van der Waals surface area contributed by atoms with Crippen LogP contribution in [0.15, 0.2) is 12.4 Å². The zero-order valence-electron chi connectivity index (χ0n) is 19.5. The molecule has 3 rings (SSSR count). The Kier molecular flexibility index (Phi) is 7.27. The number of aromatic nitrogens is 4. The van der Waals surface area contributed by atoms with Gasteiger partial charge in [0.15, 0.2) is 5.60 Å². The molecule has 0 atom stereocenters. The van der Waals surface area contributed by atoms with E-state index in [-0.39, 0.29) is 28.6 Å². The van der Waals surface area contributed by atoms with Crippen LogP contribution in [-0.4, -0.2) is 56.9 Å². The minimum Gasteiger partial charge on any atom is -0.496 e. The number of methoxy groups -OCH3 is 1. The Morgan fingerprint density at radius 2 is 1.79 bits per heavy atom. The summed E-state index contributed by atoms with van der Waals surface area (Å²) in [5.74, 6) is -0.612. The number of esters is 2. The SMILES string of the molecule is COc1c(C)cnc(Cn2cc(C(O)(COC(C)=O)COC(C)=O)c3c(Cl)nc(N)nc32)c1C. The lowest BCUT2D eigenvalue weighted by Crippen LogP contribution is -2.38. The number of fused-ring (bicyclic) bond motifs is 1. The third-order valence-electron chi connectivity index (χ3n) is 5.29. The Morgan fingerprint density at radius 3 is 2.35 bits per heavy atom. The van der Waals surface area contributed by atoms with Crippen molar-refractivity contribution in [2.75, 3.05) is 26.1 Å². The smallest absolute Gasteiger partial charge is 0.302 e. The summed E-state index contributed by atoms with van der Waals surface area (Å²) in [5, 5.41) is 11.7. The number of hydrogen-bond donors (Lipinski definition) is 2. The molecule has 12 heteroatoms. The van der Waals surface area contributed by atoms with E-state index < -0.39 is 30.8 Å². The molecule has 34 heavy (non-hydrogen) atoms. The molecule has 0 radical (unpaired) electrons. The summed E-state index contributed by atoms with van der Waals surface area (Å²) in [6.45, 7) is 5.41. The van der Waals surface area contributed by atoms with Crippen molar-refractivity contribution in [2.45, 2.75) is 39.8 Å². The van der Waals surface area contributed by atoms with Gasteiger partial charge in [-0.2, -0.15) is 4.98 Å². The van der Waals surface area contributed by atoms with Crippen molar-refractivity contribution in [1.29, 1.82) is 0 Å². The number of rotatable bonds is 8. The second kappa shape index (κ2) is 9.82. The Morgan fingerprint density at radius 1 is 1.18 bits per heavy atom. The van der Waals surface area contributed by atoms with Crippen molar-refractivity contribution in [3.05, 3.63) is 39.9 Å². The molecule has 182 valence electrons. The summed E-state index contributed by atoms with van der Waals surface area (Å²) < 4.78 is 17.3. The largest absolute Gasteiger partial charge is 0.496 e. The highest BCUT2D eigenvalue weighted by molar-refractivity contribution is 6.34. The first-order valence-electron chi connectivity index (χ1n) is 10.3. The molecule has 0 aliphatic heterocycles. The molecule has 3 N–H and O–H groups in total. The van der Waals surface area contributed by atoms with E-state index in [1.165, 1.54) is 13.8 Å². The quantitative estimate of drug-likeness (QED) is 0.353. The first-order chi connectivity index (χ1) is 16.0. The number of nitrogens with two attached hydrogens (primary N) is 1. The summed E-state index contributed by atoms with van der Waals surface area (Å²) >= 11 is 6.41. The Bertz CT molecular complexity index is 1240. The number of hydrogen-bond acceptors (Lipinski definition) is 10. The molecule has 0 amide bonds. The van der Waals surface area contributed by atoms with Crippen molar-refractivity contribution < 1.29 is 28.9 Å². The van der Waals surface area contributed by atoms with Gasteiger partial charge in [0.1, 0.15) is 29.8 Å². The minimum absolute atomic E-state index is 0.0218. The predicted octanol–water partition coefficient (Wildman–Crippen LogP) is 2.05. The number of carbonyl (C=O) groups excluding carboxylic acids is 2. The second-order valence-electron chi connectivity index (χ2n) is 7.88. The summed E-state index contributed by atoms with van der Waals surface area (Å²) in [6.07, 6.45) is 3.27. The van der Waals surface area contributed by atoms with Crippen molar-refractivity contribution in [1.82, 2.24) is 19.5 Å². The maximum absolute atomic E-state index is 11.5. The molecule has 0 fully saturated rings. The molecule has 0 aliphatic carbocycles. The molecule has 0 bridgehead atoms. The predicted molar refractivity (Wildman–Crippen MR) is 123 cm³/mol. The van der Waals surface area contributed by atoms with E-state index in [0.29, 0.717) is 17.1 Å². The summed E-state index contributed by atoms with van der Waals surface area (Å²) in [5.41, 5.74) is 6.82. The molecule has 0 spiro atoms. The van der Waals surface area contributed by atoms with Crippen LogP contribution in [0, 0.1) is 13.8 Å². The van der Waals surface area contributed by atoms with Gasteiger partial charge in [0.25, 0.3) is 0 Å². The molecular formula is C22H26ClN5O6. The summed E-state index contributed by atoms with van der Waals surface area (Å²) in [4.78, 5) is 35.8. The number of ether oxygens (including phenoxy) is 3. The van der Waals surface area contributed by atoms with E-state index in [9.17, 15) is 14.7 Å².